The van der Waals surface area contributed by atoms with Gasteiger partial charge in [-0.05, 0) is 41.7 Å². The Morgan fingerprint density at radius 2 is 2.29 bits per heavy atom. The molecule has 17 heavy (non-hydrogen) atoms. The van der Waals surface area contributed by atoms with Crippen LogP contribution < -0.4 is 10.6 Å². The van der Waals surface area contributed by atoms with Crippen LogP contribution in [0.2, 0.25) is 0 Å². The third kappa shape index (κ3) is 1.90. The minimum Gasteiger partial charge on any atom is -0.371 e. The Hall–Kier alpha value is -0.190. The summed E-state index contributed by atoms with van der Waals surface area (Å²) in [7, 11) is 2.21. The second-order valence-corrected chi connectivity index (χ2v) is 7.00. The average molecular weight is 313 g/mol. The number of anilines is 1. The summed E-state index contributed by atoms with van der Waals surface area (Å²) < 4.78 is 1.13. The fourth-order valence-electron chi connectivity index (χ4n) is 3.10. The first-order valence-electron chi connectivity index (χ1n) is 6.04. The summed E-state index contributed by atoms with van der Waals surface area (Å²) >= 11 is 5.59. The first-order valence-corrected chi connectivity index (χ1v) is 7.99. The summed E-state index contributed by atoms with van der Waals surface area (Å²) in [6.45, 7) is 0. The van der Waals surface area contributed by atoms with E-state index in [9.17, 15) is 0 Å². The van der Waals surface area contributed by atoms with E-state index in [1.54, 1.807) is 0 Å². The maximum Gasteiger partial charge on any atom is 0.0415 e. The zero-order chi connectivity index (χ0) is 12.0. The standard InChI is InChI=1S/C13H17BrN2S/c1-16-11-3-2-8(14)6-9(11)13(15)10-7-17-5-4-12(10)16/h2-3,6,10,12-13H,4-5,7,15H2,1H3. The van der Waals surface area contributed by atoms with Crippen molar-refractivity contribution in [2.24, 2.45) is 11.7 Å². The first kappa shape index (κ1) is 11.9. The van der Waals surface area contributed by atoms with Crippen LogP contribution >= 0.6 is 27.7 Å². The van der Waals surface area contributed by atoms with E-state index in [1.165, 1.54) is 29.2 Å². The van der Waals surface area contributed by atoms with Crippen molar-refractivity contribution >= 4 is 33.4 Å². The number of rotatable bonds is 0. The monoisotopic (exact) mass is 312 g/mol. The molecule has 0 spiro atoms. The SMILES string of the molecule is CN1c2ccc(Br)cc2C(N)C2CSCCC21. The molecule has 2 aliphatic heterocycles. The highest BCUT2D eigenvalue weighted by Crippen LogP contribution is 2.44. The highest BCUT2D eigenvalue weighted by molar-refractivity contribution is 9.10. The highest BCUT2D eigenvalue weighted by atomic mass is 79.9. The molecule has 4 heteroatoms. The molecule has 0 bridgehead atoms. The topological polar surface area (TPSA) is 29.3 Å². The summed E-state index contributed by atoms with van der Waals surface area (Å²) in [4.78, 5) is 2.44. The fourth-order valence-corrected chi connectivity index (χ4v) is 4.75. The van der Waals surface area contributed by atoms with Gasteiger partial charge in [0.1, 0.15) is 0 Å². The van der Waals surface area contributed by atoms with E-state index in [1.807, 2.05) is 11.8 Å². The molecule has 0 radical (unpaired) electrons. The summed E-state index contributed by atoms with van der Waals surface area (Å²) in [5.74, 6) is 3.06. The van der Waals surface area contributed by atoms with Gasteiger partial charge in [-0.25, -0.2) is 0 Å². The predicted molar refractivity (Wildman–Crippen MR) is 78.7 cm³/mol. The van der Waals surface area contributed by atoms with E-state index in [0.717, 1.165) is 4.47 Å². The molecular weight excluding hydrogens is 296 g/mol. The zero-order valence-corrected chi connectivity index (χ0v) is 12.3. The molecule has 0 saturated carbocycles. The number of halogens is 1. The number of benzene rings is 1. The second-order valence-electron chi connectivity index (χ2n) is 4.93. The van der Waals surface area contributed by atoms with E-state index in [0.29, 0.717) is 12.0 Å². The lowest BCUT2D eigenvalue weighted by atomic mass is 9.81. The van der Waals surface area contributed by atoms with Gasteiger partial charge in [-0.15, -0.1) is 0 Å². The maximum absolute atomic E-state index is 6.47. The van der Waals surface area contributed by atoms with Crippen molar-refractivity contribution in [3.05, 3.63) is 28.2 Å². The number of thioether (sulfide) groups is 1. The number of nitrogens with zero attached hydrogens (tertiary/aromatic N) is 1. The number of nitrogens with two attached hydrogens (primary N) is 1. The van der Waals surface area contributed by atoms with Crippen LogP contribution in [0.4, 0.5) is 5.69 Å². The molecule has 1 aromatic rings. The minimum atomic E-state index is 0.191. The van der Waals surface area contributed by atoms with Crippen LogP contribution in [-0.2, 0) is 0 Å². The Balaban J connectivity index is 2.07. The van der Waals surface area contributed by atoms with Crippen molar-refractivity contribution in [1.82, 2.24) is 0 Å². The van der Waals surface area contributed by atoms with Gasteiger partial charge < -0.3 is 10.6 Å². The van der Waals surface area contributed by atoms with Crippen molar-refractivity contribution < 1.29 is 0 Å². The number of fused-ring (bicyclic) bond motifs is 2. The Morgan fingerprint density at radius 3 is 3.12 bits per heavy atom. The van der Waals surface area contributed by atoms with E-state index in [-0.39, 0.29) is 6.04 Å². The molecule has 2 N–H and O–H groups in total. The molecule has 3 unspecified atom stereocenters. The normalized spacial score (nSPS) is 31.9. The van der Waals surface area contributed by atoms with Crippen LogP contribution in [0.5, 0.6) is 0 Å². The molecule has 3 rings (SSSR count). The van der Waals surface area contributed by atoms with E-state index < -0.39 is 0 Å². The van der Waals surface area contributed by atoms with Crippen LogP contribution in [0.1, 0.15) is 18.0 Å². The van der Waals surface area contributed by atoms with E-state index in [4.69, 9.17) is 5.73 Å². The Labute approximate surface area is 115 Å². The summed E-state index contributed by atoms with van der Waals surface area (Å²) in [5.41, 5.74) is 9.08. The summed E-state index contributed by atoms with van der Waals surface area (Å²) in [6, 6.07) is 7.31. The minimum absolute atomic E-state index is 0.191. The lowest BCUT2D eigenvalue weighted by molar-refractivity contribution is 0.347. The van der Waals surface area contributed by atoms with Crippen molar-refractivity contribution in [2.45, 2.75) is 18.5 Å². The molecule has 1 aromatic carbocycles. The van der Waals surface area contributed by atoms with Crippen LogP contribution in [0.15, 0.2) is 22.7 Å². The quantitative estimate of drug-likeness (QED) is 0.798. The Morgan fingerprint density at radius 1 is 1.47 bits per heavy atom. The molecule has 2 aliphatic rings. The summed E-state index contributed by atoms with van der Waals surface area (Å²) in [6.07, 6.45) is 1.26. The molecule has 3 atom stereocenters. The largest absolute Gasteiger partial charge is 0.371 e. The van der Waals surface area contributed by atoms with Gasteiger partial charge in [0.25, 0.3) is 0 Å². The van der Waals surface area contributed by atoms with Gasteiger partial charge in [0.05, 0.1) is 0 Å². The Bertz CT molecular complexity index is 437. The molecule has 92 valence electrons. The lowest BCUT2D eigenvalue weighted by Crippen LogP contribution is -2.50. The number of hydrogen-bond acceptors (Lipinski definition) is 3. The molecule has 0 aliphatic carbocycles. The third-order valence-electron chi connectivity index (χ3n) is 4.05. The van der Waals surface area contributed by atoms with Gasteiger partial charge in [0, 0.05) is 35.2 Å². The zero-order valence-electron chi connectivity index (χ0n) is 9.90. The second kappa shape index (κ2) is 4.48. The van der Waals surface area contributed by atoms with Crippen molar-refractivity contribution in [1.29, 1.82) is 0 Å². The van der Waals surface area contributed by atoms with Crippen LogP contribution in [0.25, 0.3) is 0 Å². The van der Waals surface area contributed by atoms with Gasteiger partial charge in [-0.1, -0.05) is 15.9 Å². The molecular formula is C13H17BrN2S. The van der Waals surface area contributed by atoms with E-state index >= 15 is 0 Å². The lowest BCUT2D eigenvalue weighted by Gasteiger charge is -2.47. The van der Waals surface area contributed by atoms with Gasteiger partial charge in [-0.3, -0.25) is 0 Å². The van der Waals surface area contributed by atoms with Crippen LogP contribution in [-0.4, -0.2) is 24.6 Å². The molecule has 0 amide bonds. The van der Waals surface area contributed by atoms with Crippen molar-refractivity contribution in [3.63, 3.8) is 0 Å². The van der Waals surface area contributed by atoms with Gasteiger partial charge in [-0.2, -0.15) is 11.8 Å². The molecule has 2 heterocycles. The first-order chi connectivity index (χ1) is 8.18. The van der Waals surface area contributed by atoms with Crippen LogP contribution in [0.3, 0.4) is 0 Å². The molecule has 2 nitrogen and oxygen atoms in total. The average Bonchev–Trinajstić information content (AvgIpc) is 2.36. The molecule has 1 fully saturated rings. The van der Waals surface area contributed by atoms with E-state index in [2.05, 4.69) is 46.1 Å². The number of hydrogen-bond donors (Lipinski definition) is 1. The van der Waals surface area contributed by atoms with Crippen molar-refractivity contribution in [2.75, 3.05) is 23.5 Å². The third-order valence-corrected chi connectivity index (χ3v) is 5.69. The molecule has 1 saturated heterocycles. The highest BCUT2D eigenvalue weighted by Gasteiger charge is 2.39. The smallest absolute Gasteiger partial charge is 0.0415 e. The van der Waals surface area contributed by atoms with Crippen LogP contribution in [0, 0.1) is 5.92 Å². The van der Waals surface area contributed by atoms with Gasteiger partial charge in [0.15, 0.2) is 0 Å². The van der Waals surface area contributed by atoms with Gasteiger partial charge >= 0.3 is 0 Å². The molecule has 0 aromatic heterocycles. The maximum atomic E-state index is 6.47. The van der Waals surface area contributed by atoms with Gasteiger partial charge in [0.2, 0.25) is 0 Å². The van der Waals surface area contributed by atoms with Crippen molar-refractivity contribution in [3.8, 4) is 0 Å². The fraction of sp³-hybridized carbons (Fsp3) is 0.538. The predicted octanol–water partition coefficient (Wildman–Crippen LogP) is 3.02. The Kier molecular flexibility index (Phi) is 3.13. The summed E-state index contributed by atoms with van der Waals surface area (Å²) in [5, 5.41) is 0.